The summed E-state index contributed by atoms with van der Waals surface area (Å²) in [6.07, 6.45) is 0.602. The normalized spacial score (nSPS) is 27.0. The maximum Gasteiger partial charge on any atom is 0.326 e. The molecule has 156 valence electrons. The first-order valence-corrected chi connectivity index (χ1v) is 12.7. The van der Waals surface area contributed by atoms with E-state index in [2.05, 4.69) is 33.9 Å². The van der Waals surface area contributed by atoms with Gasteiger partial charge < -0.3 is 23.9 Å². The molecule has 0 aromatic rings. The molecule has 0 aromatic carbocycles. The van der Waals surface area contributed by atoms with Crippen LogP contribution in [0.3, 0.4) is 0 Å². The van der Waals surface area contributed by atoms with Crippen LogP contribution >= 0.6 is 0 Å². The van der Waals surface area contributed by atoms with Crippen molar-refractivity contribution < 1.29 is 28.6 Å². The molecule has 0 spiro atoms. The van der Waals surface area contributed by atoms with Gasteiger partial charge in [0.2, 0.25) is 0 Å². The molecule has 2 aliphatic rings. The lowest BCUT2D eigenvalue weighted by Gasteiger charge is -2.40. The predicted molar refractivity (Wildman–Crippen MR) is 104 cm³/mol. The Kier molecular flexibility index (Phi) is 6.46. The van der Waals surface area contributed by atoms with E-state index in [-0.39, 0.29) is 17.0 Å². The number of carboxylic acids is 1. The molecule has 0 unspecified atom stereocenters. The highest BCUT2D eigenvalue weighted by atomic mass is 28.4. The van der Waals surface area contributed by atoms with E-state index in [0.29, 0.717) is 32.4 Å². The number of hydrogen-bond donors (Lipinski definition) is 1. The van der Waals surface area contributed by atoms with Crippen LogP contribution in [0, 0.1) is 0 Å². The molecule has 7 nitrogen and oxygen atoms in total. The van der Waals surface area contributed by atoms with Crippen LogP contribution in [0.2, 0.25) is 18.1 Å². The van der Waals surface area contributed by atoms with Gasteiger partial charge in [0.1, 0.15) is 12.1 Å². The second-order valence-corrected chi connectivity index (χ2v) is 14.3. The SMILES string of the molecule is CC1(C)OC[C@H](C[C@@H](O[Si](C)(C)C(C)(C)C)C(=O)N2CCC[C@H]2C(=O)O)O1. The molecule has 0 saturated carbocycles. The maximum absolute atomic E-state index is 13.3. The topological polar surface area (TPSA) is 85.3 Å². The molecular formula is C19H35NO6Si. The molecule has 0 radical (unpaired) electrons. The Labute approximate surface area is 163 Å². The summed E-state index contributed by atoms with van der Waals surface area (Å²) in [5, 5.41) is 9.40. The Morgan fingerprint density at radius 2 is 1.96 bits per heavy atom. The van der Waals surface area contributed by atoms with Gasteiger partial charge in [-0.2, -0.15) is 0 Å². The van der Waals surface area contributed by atoms with Crippen LogP contribution in [0.4, 0.5) is 0 Å². The third kappa shape index (κ3) is 5.31. The standard InChI is InChI=1S/C19H35NO6Si/c1-18(2,3)27(6,7)26-15(11-13-12-24-19(4,5)25-13)16(21)20-10-8-9-14(20)17(22)23/h13-15H,8-12H2,1-7H3,(H,22,23)/t13-,14-,15+/m0/s1. The van der Waals surface area contributed by atoms with Crippen LogP contribution in [-0.2, 0) is 23.5 Å². The molecule has 2 fully saturated rings. The summed E-state index contributed by atoms with van der Waals surface area (Å²) < 4.78 is 18.0. The van der Waals surface area contributed by atoms with Gasteiger partial charge in [0, 0.05) is 13.0 Å². The van der Waals surface area contributed by atoms with Crippen molar-refractivity contribution in [1.82, 2.24) is 4.90 Å². The second-order valence-electron chi connectivity index (χ2n) is 9.58. The quantitative estimate of drug-likeness (QED) is 0.689. The van der Waals surface area contributed by atoms with Gasteiger partial charge >= 0.3 is 5.97 Å². The van der Waals surface area contributed by atoms with E-state index in [1.54, 1.807) is 0 Å². The maximum atomic E-state index is 13.3. The molecule has 0 aromatic heterocycles. The van der Waals surface area contributed by atoms with E-state index in [4.69, 9.17) is 13.9 Å². The fraction of sp³-hybridized carbons (Fsp3) is 0.895. The molecule has 2 aliphatic heterocycles. The highest BCUT2D eigenvalue weighted by Gasteiger charge is 2.45. The lowest BCUT2D eigenvalue weighted by Crippen LogP contribution is -2.52. The molecule has 0 aliphatic carbocycles. The zero-order chi connectivity index (χ0) is 20.6. The van der Waals surface area contributed by atoms with Crippen LogP contribution in [0.25, 0.3) is 0 Å². The minimum Gasteiger partial charge on any atom is -0.480 e. The third-order valence-electron chi connectivity index (χ3n) is 5.88. The number of carboxylic acid groups (broad SMARTS) is 1. The van der Waals surface area contributed by atoms with Crippen molar-refractivity contribution in [1.29, 1.82) is 0 Å². The summed E-state index contributed by atoms with van der Waals surface area (Å²) >= 11 is 0. The highest BCUT2D eigenvalue weighted by Crippen LogP contribution is 2.39. The molecule has 2 saturated heterocycles. The van der Waals surface area contributed by atoms with Crippen molar-refractivity contribution in [2.75, 3.05) is 13.2 Å². The number of hydrogen-bond acceptors (Lipinski definition) is 5. The lowest BCUT2D eigenvalue weighted by atomic mass is 10.1. The van der Waals surface area contributed by atoms with Gasteiger partial charge in [-0.1, -0.05) is 20.8 Å². The summed E-state index contributed by atoms with van der Waals surface area (Å²) in [4.78, 5) is 26.3. The van der Waals surface area contributed by atoms with Gasteiger partial charge in [0.25, 0.3) is 5.91 Å². The summed E-state index contributed by atoms with van der Waals surface area (Å²) in [7, 11) is -2.23. The number of ether oxygens (including phenoxy) is 2. The van der Waals surface area contributed by atoms with Gasteiger partial charge in [-0.05, 0) is 44.8 Å². The van der Waals surface area contributed by atoms with Gasteiger partial charge in [-0.15, -0.1) is 0 Å². The molecule has 0 bridgehead atoms. The first kappa shape index (κ1) is 22.3. The zero-order valence-corrected chi connectivity index (χ0v) is 18.7. The average Bonchev–Trinajstić information content (AvgIpc) is 3.11. The summed E-state index contributed by atoms with van der Waals surface area (Å²) in [6.45, 7) is 15.1. The van der Waals surface area contributed by atoms with Crippen molar-refractivity contribution in [2.45, 2.75) is 96.1 Å². The average molecular weight is 402 g/mol. The van der Waals surface area contributed by atoms with Crippen LogP contribution < -0.4 is 0 Å². The monoisotopic (exact) mass is 401 g/mol. The van der Waals surface area contributed by atoms with Crippen molar-refractivity contribution in [3.63, 3.8) is 0 Å². The Morgan fingerprint density at radius 1 is 1.33 bits per heavy atom. The summed E-state index contributed by atoms with van der Waals surface area (Å²) in [6, 6.07) is -0.764. The van der Waals surface area contributed by atoms with Gasteiger partial charge in [-0.3, -0.25) is 4.79 Å². The molecule has 8 heteroatoms. The van der Waals surface area contributed by atoms with Crippen LogP contribution in [0.1, 0.15) is 53.9 Å². The van der Waals surface area contributed by atoms with E-state index in [1.807, 2.05) is 13.8 Å². The van der Waals surface area contributed by atoms with E-state index in [9.17, 15) is 14.7 Å². The van der Waals surface area contributed by atoms with Crippen LogP contribution in [-0.4, -0.2) is 67.4 Å². The molecule has 2 rings (SSSR count). The number of carbonyl (C=O) groups excluding carboxylic acids is 1. The fourth-order valence-electron chi connectivity index (χ4n) is 3.32. The first-order valence-electron chi connectivity index (χ1n) is 9.76. The molecule has 2 heterocycles. The van der Waals surface area contributed by atoms with Crippen LogP contribution in [0.15, 0.2) is 0 Å². The number of carbonyl (C=O) groups is 2. The van der Waals surface area contributed by atoms with Gasteiger partial charge in [0.15, 0.2) is 14.1 Å². The van der Waals surface area contributed by atoms with E-state index in [1.165, 1.54) is 4.90 Å². The molecule has 1 amide bonds. The Hall–Kier alpha value is -0.963. The smallest absolute Gasteiger partial charge is 0.326 e. The van der Waals surface area contributed by atoms with E-state index >= 15 is 0 Å². The highest BCUT2D eigenvalue weighted by molar-refractivity contribution is 6.74. The Bertz CT molecular complexity index is 571. The van der Waals surface area contributed by atoms with Gasteiger partial charge in [-0.25, -0.2) is 4.79 Å². The number of rotatable bonds is 6. The van der Waals surface area contributed by atoms with Crippen molar-refractivity contribution >= 4 is 20.2 Å². The van der Waals surface area contributed by atoms with Crippen molar-refractivity contribution in [3.8, 4) is 0 Å². The largest absolute Gasteiger partial charge is 0.480 e. The number of nitrogens with zero attached hydrogens (tertiary/aromatic N) is 1. The summed E-state index contributed by atoms with van der Waals surface area (Å²) in [5.41, 5.74) is 0. The number of amides is 1. The Balaban J connectivity index is 2.21. The third-order valence-corrected chi connectivity index (χ3v) is 10.4. The summed E-state index contributed by atoms with van der Waals surface area (Å²) in [5.74, 6) is -1.86. The molecule has 3 atom stereocenters. The number of likely N-dealkylation sites (tertiary alicyclic amines) is 1. The van der Waals surface area contributed by atoms with Crippen LogP contribution in [0.5, 0.6) is 0 Å². The van der Waals surface area contributed by atoms with Crippen molar-refractivity contribution in [3.05, 3.63) is 0 Å². The van der Waals surface area contributed by atoms with Gasteiger partial charge in [0.05, 0.1) is 12.7 Å². The van der Waals surface area contributed by atoms with E-state index < -0.39 is 32.2 Å². The second kappa shape index (κ2) is 7.81. The first-order chi connectivity index (χ1) is 12.2. The Morgan fingerprint density at radius 3 is 2.44 bits per heavy atom. The number of aliphatic carboxylic acids is 1. The minimum atomic E-state index is -2.23. The van der Waals surface area contributed by atoms with E-state index in [0.717, 1.165) is 0 Å². The molecular weight excluding hydrogens is 366 g/mol. The molecule has 27 heavy (non-hydrogen) atoms. The minimum absolute atomic E-state index is 0.0605. The zero-order valence-electron chi connectivity index (χ0n) is 17.7. The molecule has 1 N–H and O–H groups in total. The lowest BCUT2D eigenvalue weighted by molar-refractivity contribution is -0.155. The predicted octanol–water partition coefficient (Wildman–Crippen LogP) is 2.99. The fourth-order valence-corrected chi connectivity index (χ4v) is 4.58. The van der Waals surface area contributed by atoms with Crippen molar-refractivity contribution in [2.24, 2.45) is 0 Å².